The van der Waals surface area contributed by atoms with Crippen LogP contribution in [-0.4, -0.2) is 12.6 Å². The van der Waals surface area contributed by atoms with Gasteiger partial charge in [0, 0.05) is 6.42 Å². The van der Waals surface area contributed by atoms with Gasteiger partial charge in [-0.15, -0.1) is 0 Å². The van der Waals surface area contributed by atoms with E-state index in [1.54, 1.807) is 0 Å². The topological polar surface area (TPSA) is 21.3 Å². The van der Waals surface area contributed by atoms with E-state index in [9.17, 15) is 0 Å². The van der Waals surface area contributed by atoms with Crippen molar-refractivity contribution >= 4 is 5.69 Å². The highest BCUT2D eigenvalue weighted by molar-refractivity contribution is 5.59. The number of nitrogens with one attached hydrogen (secondary N) is 1. The van der Waals surface area contributed by atoms with Crippen LogP contribution < -0.4 is 10.1 Å². The minimum Gasteiger partial charge on any atom is -0.486 e. The van der Waals surface area contributed by atoms with Crippen LogP contribution in [0.3, 0.4) is 0 Å². The summed E-state index contributed by atoms with van der Waals surface area (Å²) in [6.07, 6.45) is 1.15. The van der Waals surface area contributed by atoms with E-state index >= 15 is 0 Å². The number of hydrogen-bond donors (Lipinski definition) is 1. The van der Waals surface area contributed by atoms with Crippen molar-refractivity contribution < 1.29 is 4.74 Å². The lowest BCUT2D eigenvalue weighted by Crippen LogP contribution is -2.32. The van der Waals surface area contributed by atoms with Crippen molar-refractivity contribution in [2.24, 2.45) is 0 Å². The zero-order chi connectivity index (χ0) is 14.1. The summed E-state index contributed by atoms with van der Waals surface area (Å²) in [5, 5.41) is 3.47. The molecule has 1 N–H and O–H groups in total. The van der Waals surface area contributed by atoms with Crippen molar-refractivity contribution in [1.29, 1.82) is 0 Å². The first-order valence-electron chi connectivity index (χ1n) is 7.19. The van der Waals surface area contributed by atoms with Gasteiger partial charge in [-0.3, -0.25) is 0 Å². The van der Waals surface area contributed by atoms with Crippen LogP contribution in [0, 0.1) is 20.8 Å². The van der Waals surface area contributed by atoms with Crippen LogP contribution in [0.5, 0.6) is 5.75 Å². The molecular weight excluding hydrogens is 246 g/mol. The number of anilines is 1. The largest absolute Gasteiger partial charge is 0.486 e. The van der Waals surface area contributed by atoms with Crippen molar-refractivity contribution in [2.75, 3.05) is 11.9 Å². The number of benzene rings is 2. The zero-order valence-corrected chi connectivity index (χ0v) is 12.4. The Morgan fingerprint density at radius 2 is 1.90 bits per heavy atom. The van der Waals surface area contributed by atoms with Gasteiger partial charge < -0.3 is 10.1 Å². The maximum Gasteiger partial charge on any atom is 0.142 e. The van der Waals surface area contributed by atoms with Gasteiger partial charge in [-0.2, -0.15) is 0 Å². The predicted octanol–water partition coefficient (Wildman–Crippen LogP) is 4.03. The molecule has 0 radical (unpaired) electrons. The molecule has 0 fully saturated rings. The van der Waals surface area contributed by atoms with E-state index in [0.717, 1.165) is 24.4 Å². The Morgan fingerprint density at radius 3 is 2.70 bits per heavy atom. The third-order valence-electron chi connectivity index (χ3n) is 3.98. The summed E-state index contributed by atoms with van der Waals surface area (Å²) in [7, 11) is 0. The maximum absolute atomic E-state index is 6.10. The number of hydrogen-bond acceptors (Lipinski definition) is 2. The molecule has 2 aromatic carbocycles. The van der Waals surface area contributed by atoms with E-state index in [1.165, 1.54) is 22.3 Å². The van der Waals surface area contributed by atoms with E-state index < -0.39 is 0 Å². The molecule has 0 saturated carbocycles. The Bertz CT molecular complexity index is 633. The van der Waals surface area contributed by atoms with Gasteiger partial charge in [0.05, 0.1) is 12.2 Å². The van der Waals surface area contributed by atoms with Gasteiger partial charge in [-0.25, -0.2) is 0 Å². The average molecular weight is 267 g/mol. The molecule has 0 bridgehead atoms. The zero-order valence-electron chi connectivity index (χ0n) is 12.4. The molecule has 3 rings (SSSR count). The Kier molecular flexibility index (Phi) is 3.39. The first-order chi connectivity index (χ1) is 9.61. The normalized spacial score (nSPS) is 17.1. The summed E-state index contributed by atoms with van der Waals surface area (Å²) in [4.78, 5) is 0. The molecule has 2 heteroatoms. The Morgan fingerprint density at radius 1 is 1.05 bits per heavy atom. The third-order valence-corrected chi connectivity index (χ3v) is 3.98. The van der Waals surface area contributed by atoms with Gasteiger partial charge in [-0.1, -0.05) is 24.3 Å². The molecule has 1 aliphatic heterocycles. The van der Waals surface area contributed by atoms with E-state index in [0.29, 0.717) is 0 Å². The van der Waals surface area contributed by atoms with Crippen LogP contribution in [-0.2, 0) is 6.42 Å². The van der Waals surface area contributed by atoms with Crippen molar-refractivity contribution in [2.45, 2.75) is 33.3 Å². The quantitative estimate of drug-likeness (QED) is 0.887. The van der Waals surface area contributed by atoms with Crippen molar-refractivity contribution in [1.82, 2.24) is 0 Å². The third kappa shape index (κ3) is 2.64. The van der Waals surface area contributed by atoms with Gasteiger partial charge in [0.2, 0.25) is 0 Å². The molecule has 2 aromatic rings. The molecule has 104 valence electrons. The second-order valence-corrected chi connectivity index (χ2v) is 5.74. The molecule has 0 aromatic heterocycles. The molecule has 1 heterocycles. The summed E-state index contributed by atoms with van der Waals surface area (Å²) in [6.45, 7) is 7.28. The fourth-order valence-corrected chi connectivity index (χ4v) is 2.64. The molecule has 0 saturated heterocycles. The first kappa shape index (κ1) is 13.0. The monoisotopic (exact) mass is 267 g/mol. The molecule has 2 nitrogen and oxygen atoms in total. The van der Waals surface area contributed by atoms with E-state index in [1.807, 2.05) is 0 Å². The van der Waals surface area contributed by atoms with Gasteiger partial charge in [0.25, 0.3) is 0 Å². The second-order valence-electron chi connectivity index (χ2n) is 5.74. The molecule has 0 aliphatic carbocycles. The van der Waals surface area contributed by atoms with E-state index in [-0.39, 0.29) is 6.10 Å². The number of fused-ring (bicyclic) bond motifs is 1. The minimum atomic E-state index is 0.201. The van der Waals surface area contributed by atoms with Crippen molar-refractivity contribution in [3.8, 4) is 5.75 Å². The number of ether oxygens (including phenoxy) is 1. The van der Waals surface area contributed by atoms with E-state index in [2.05, 4.69) is 62.5 Å². The summed E-state index contributed by atoms with van der Waals surface area (Å²) in [6, 6.07) is 13.0. The number of aryl methyl sites for hydroxylation is 3. The number of rotatable bonds is 2. The van der Waals surface area contributed by atoms with Crippen LogP contribution >= 0.6 is 0 Å². The van der Waals surface area contributed by atoms with Crippen LogP contribution in [0.1, 0.15) is 22.3 Å². The summed E-state index contributed by atoms with van der Waals surface area (Å²) >= 11 is 0. The molecule has 1 unspecified atom stereocenters. The highest BCUT2D eigenvalue weighted by atomic mass is 16.5. The van der Waals surface area contributed by atoms with Crippen molar-refractivity contribution in [3.05, 3.63) is 58.7 Å². The lowest BCUT2D eigenvalue weighted by atomic mass is 10.0. The molecule has 0 amide bonds. The lowest BCUT2D eigenvalue weighted by molar-refractivity contribution is 0.206. The van der Waals surface area contributed by atoms with Gasteiger partial charge in [-0.05, 0) is 55.2 Å². The fourth-order valence-electron chi connectivity index (χ4n) is 2.64. The summed E-state index contributed by atoms with van der Waals surface area (Å²) in [5.74, 6) is 0.968. The Balaban J connectivity index is 1.74. The fraction of sp³-hybridized carbons (Fsp3) is 0.333. The van der Waals surface area contributed by atoms with Gasteiger partial charge in [0.15, 0.2) is 0 Å². The lowest BCUT2D eigenvalue weighted by Gasteiger charge is -2.28. The smallest absolute Gasteiger partial charge is 0.142 e. The van der Waals surface area contributed by atoms with Gasteiger partial charge in [0.1, 0.15) is 11.9 Å². The standard InChI is InChI=1S/C18H21NO/c1-12-4-7-18-17(8-12)19-11-16(20-18)10-15-6-5-13(2)14(3)9-15/h4-9,16,19H,10-11H2,1-3H3. The maximum atomic E-state index is 6.10. The SMILES string of the molecule is Cc1ccc2c(c1)NCC(Cc1ccc(C)c(C)c1)O2. The van der Waals surface area contributed by atoms with Crippen LogP contribution in [0.4, 0.5) is 5.69 Å². The van der Waals surface area contributed by atoms with E-state index in [4.69, 9.17) is 4.74 Å². The van der Waals surface area contributed by atoms with Crippen LogP contribution in [0.2, 0.25) is 0 Å². The predicted molar refractivity (Wildman–Crippen MR) is 83.7 cm³/mol. The molecule has 20 heavy (non-hydrogen) atoms. The first-order valence-corrected chi connectivity index (χ1v) is 7.19. The highest BCUT2D eigenvalue weighted by Crippen LogP contribution is 2.30. The molecular formula is C18H21NO. The molecule has 1 atom stereocenters. The Hall–Kier alpha value is -1.96. The highest BCUT2D eigenvalue weighted by Gasteiger charge is 2.19. The van der Waals surface area contributed by atoms with Gasteiger partial charge >= 0.3 is 0 Å². The van der Waals surface area contributed by atoms with Crippen LogP contribution in [0.15, 0.2) is 36.4 Å². The average Bonchev–Trinajstić information content (AvgIpc) is 2.43. The molecule has 1 aliphatic rings. The van der Waals surface area contributed by atoms with Crippen molar-refractivity contribution in [3.63, 3.8) is 0 Å². The summed E-state index contributed by atoms with van der Waals surface area (Å²) in [5.41, 5.74) is 6.41. The molecule has 0 spiro atoms. The summed E-state index contributed by atoms with van der Waals surface area (Å²) < 4.78 is 6.10. The van der Waals surface area contributed by atoms with Crippen LogP contribution in [0.25, 0.3) is 0 Å². The minimum absolute atomic E-state index is 0.201. The Labute approximate surface area is 120 Å². The second kappa shape index (κ2) is 5.20.